The van der Waals surface area contributed by atoms with Gasteiger partial charge in [0.2, 0.25) is 0 Å². The molecule has 0 spiro atoms. The molecule has 1 aliphatic heterocycles. The number of aryl methyl sites for hydroxylation is 1. The predicted octanol–water partition coefficient (Wildman–Crippen LogP) is 0.375. The number of carboxylic acids is 1. The van der Waals surface area contributed by atoms with E-state index in [0.29, 0.717) is 6.42 Å². The van der Waals surface area contributed by atoms with Crippen molar-refractivity contribution in [2.75, 3.05) is 18.1 Å². The van der Waals surface area contributed by atoms with Gasteiger partial charge in [-0.2, -0.15) is 0 Å². The van der Waals surface area contributed by atoms with Gasteiger partial charge in [0.05, 0.1) is 11.5 Å². The molecule has 120 valence electrons. The van der Waals surface area contributed by atoms with Crippen molar-refractivity contribution in [1.29, 1.82) is 0 Å². The maximum atomic E-state index is 11.8. The molecule has 1 aliphatic rings. The standard InChI is InChI=1S/C14H17NO6S/c1-9-2-3-11(14(17)18)12(6-9)21-7-13(16)15-10-4-5-22(19,20)8-10/h2-3,6,10H,4-5,7-8H2,1H3,(H,15,16)(H,17,18)/t10-/m0/s1. The second-order valence-corrected chi connectivity index (χ2v) is 7.49. The van der Waals surface area contributed by atoms with Crippen LogP contribution in [0.15, 0.2) is 18.2 Å². The predicted molar refractivity (Wildman–Crippen MR) is 78.8 cm³/mol. The molecule has 0 unspecified atom stereocenters. The molecular formula is C14H17NO6S. The van der Waals surface area contributed by atoms with Crippen LogP contribution in [0, 0.1) is 6.92 Å². The maximum Gasteiger partial charge on any atom is 0.339 e. The van der Waals surface area contributed by atoms with Gasteiger partial charge in [-0.3, -0.25) is 4.79 Å². The molecule has 1 amide bonds. The second kappa shape index (κ2) is 6.35. The Hall–Kier alpha value is -2.09. The van der Waals surface area contributed by atoms with Gasteiger partial charge in [0.1, 0.15) is 11.3 Å². The lowest BCUT2D eigenvalue weighted by Gasteiger charge is -2.13. The summed E-state index contributed by atoms with van der Waals surface area (Å²) in [5.41, 5.74) is 0.782. The second-order valence-electron chi connectivity index (χ2n) is 5.26. The van der Waals surface area contributed by atoms with Crippen LogP contribution >= 0.6 is 0 Å². The van der Waals surface area contributed by atoms with Crippen LogP contribution in [0.2, 0.25) is 0 Å². The SMILES string of the molecule is Cc1ccc(C(=O)O)c(OCC(=O)N[C@H]2CCS(=O)(=O)C2)c1. The van der Waals surface area contributed by atoms with E-state index < -0.39 is 27.8 Å². The van der Waals surface area contributed by atoms with Gasteiger partial charge in [-0.15, -0.1) is 0 Å². The third kappa shape index (κ3) is 4.20. The first kappa shape index (κ1) is 16.3. The van der Waals surface area contributed by atoms with Crippen molar-refractivity contribution in [3.05, 3.63) is 29.3 Å². The largest absolute Gasteiger partial charge is 0.483 e. The van der Waals surface area contributed by atoms with Gasteiger partial charge in [-0.25, -0.2) is 13.2 Å². The first-order valence-electron chi connectivity index (χ1n) is 6.73. The average molecular weight is 327 g/mol. The van der Waals surface area contributed by atoms with E-state index in [1.165, 1.54) is 12.1 Å². The van der Waals surface area contributed by atoms with Crippen molar-refractivity contribution in [2.45, 2.75) is 19.4 Å². The van der Waals surface area contributed by atoms with Crippen molar-refractivity contribution >= 4 is 21.7 Å². The van der Waals surface area contributed by atoms with E-state index in [2.05, 4.69) is 5.32 Å². The molecule has 1 aromatic carbocycles. The lowest BCUT2D eigenvalue weighted by atomic mass is 10.1. The number of carboxylic acid groups (broad SMARTS) is 1. The Kier molecular flexibility index (Phi) is 4.70. The Morgan fingerprint density at radius 1 is 1.41 bits per heavy atom. The molecule has 1 aromatic rings. The van der Waals surface area contributed by atoms with Crippen molar-refractivity contribution in [3.63, 3.8) is 0 Å². The molecule has 8 heteroatoms. The number of amides is 1. The number of benzene rings is 1. The Morgan fingerprint density at radius 2 is 2.14 bits per heavy atom. The molecule has 0 radical (unpaired) electrons. The number of aromatic carboxylic acids is 1. The van der Waals surface area contributed by atoms with Gasteiger partial charge in [0.25, 0.3) is 5.91 Å². The van der Waals surface area contributed by atoms with Crippen LogP contribution in [0.1, 0.15) is 22.3 Å². The van der Waals surface area contributed by atoms with Crippen LogP contribution in [0.5, 0.6) is 5.75 Å². The number of hydrogen-bond donors (Lipinski definition) is 2. The summed E-state index contributed by atoms with van der Waals surface area (Å²) >= 11 is 0. The van der Waals surface area contributed by atoms with Crippen LogP contribution in [-0.4, -0.2) is 49.6 Å². The number of ether oxygens (including phenoxy) is 1. The molecule has 0 saturated carbocycles. The number of carbonyl (C=O) groups is 2. The van der Waals surface area contributed by atoms with E-state index in [1.54, 1.807) is 13.0 Å². The molecule has 0 aliphatic carbocycles. The van der Waals surface area contributed by atoms with Crippen molar-refractivity contribution < 1.29 is 27.9 Å². The Morgan fingerprint density at radius 3 is 2.73 bits per heavy atom. The average Bonchev–Trinajstić information content (AvgIpc) is 2.75. The number of rotatable bonds is 5. The molecule has 22 heavy (non-hydrogen) atoms. The monoisotopic (exact) mass is 327 g/mol. The molecule has 0 bridgehead atoms. The zero-order valence-electron chi connectivity index (χ0n) is 12.0. The van der Waals surface area contributed by atoms with Gasteiger partial charge < -0.3 is 15.2 Å². The molecule has 1 saturated heterocycles. The van der Waals surface area contributed by atoms with Gasteiger partial charge in [0, 0.05) is 6.04 Å². The maximum absolute atomic E-state index is 11.8. The van der Waals surface area contributed by atoms with Crippen LogP contribution < -0.4 is 10.1 Å². The fourth-order valence-corrected chi connectivity index (χ4v) is 3.92. The highest BCUT2D eigenvalue weighted by Gasteiger charge is 2.29. The molecule has 0 aromatic heterocycles. The van der Waals surface area contributed by atoms with E-state index in [9.17, 15) is 18.0 Å². The minimum atomic E-state index is -3.07. The van der Waals surface area contributed by atoms with Crippen LogP contribution in [0.3, 0.4) is 0 Å². The Labute approximate surface area is 128 Å². The highest BCUT2D eigenvalue weighted by molar-refractivity contribution is 7.91. The summed E-state index contributed by atoms with van der Waals surface area (Å²) < 4.78 is 27.9. The zero-order valence-corrected chi connectivity index (χ0v) is 12.9. The van der Waals surface area contributed by atoms with E-state index in [4.69, 9.17) is 9.84 Å². The topological polar surface area (TPSA) is 110 Å². The van der Waals surface area contributed by atoms with E-state index >= 15 is 0 Å². The third-order valence-electron chi connectivity index (χ3n) is 3.32. The molecule has 2 rings (SSSR count). The number of hydrogen-bond acceptors (Lipinski definition) is 5. The highest BCUT2D eigenvalue weighted by atomic mass is 32.2. The first-order valence-corrected chi connectivity index (χ1v) is 8.55. The minimum absolute atomic E-state index is 0.0261. The van der Waals surface area contributed by atoms with Crippen LogP contribution in [0.4, 0.5) is 0 Å². The lowest BCUT2D eigenvalue weighted by molar-refractivity contribution is -0.123. The summed E-state index contributed by atoms with van der Waals surface area (Å²) in [6, 6.07) is 4.18. The fraction of sp³-hybridized carbons (Fsp3) is 0.429. The number of carbonyl (C=O) groups excluding carboxylic acids is 1. The smallest absolute Gasteiger partial charge is 0.339 e. The molecule has 1 heterocycles. The van der Waals surface area contributed by atoms with Gasteiger partial charge in [-0.1, -0.05) is 6.07 Å². The summed E-state index contributed by atoms with van der Waals surface area (Å²) in [7, 11) is -3.07. The first-order chi connectivity index (χ1) is 10.3. The van der Waals surface area contributed by atoms with E-state index in [-0.39, 0.29) is 29.4 Å². The van der Waals surface area contributed by atoms with Crippen molar-refractivity contribution in [1.82, 2.24) is 5.32 Å². The third-order valence-corrected chi connectivity index (χ3v) is 5.09. The fourth-order valence-electron chi connectivity index (χ4n) is 2.25. The van der Waals surface area contributed by atoms with Crippen LogP contribution in [-0.2, 0) is 14.6 Å². The quantitative estimate of drug-likeness (QED) is 0.809. The summed E-state index contributed by atoms with van der Waals surface area (Å²) in [6.07, 6.45) is 0.388. The summed E-state index contributed by atoms with van der Waals surface area (Å²) in [5, 5.41) is 11.6. The molecule has 7 nitrogen and oxygen atoms in total. The normalized spacial score (nSPS) is 19.6. The van der Waals surface area contributed by atoms with Gasteiger partial charge in [-0.05, 0) is 31.0 Å². The highest BCUT2D eigenvalue weighted by Crippen LogP contribution is 2.20. The summed E-state index contributed by atoms with van der Waals surface area (Å²) in [5.74, 6) is -1.50. The van der Waals surface area contributed by atoms with E-state index in [1.807, 2.05) is 0 Å². The Bertz CT molecular complexity index is 697. The van der Waals surface area contributed by atoms with Crippen molar-refractivity contribution in [3.8, 4) is 5.75 Å². The summed E-state index contributed by atoms with van der Waals surface area (Å²) in [4.78, 5) is 22.9. The summed E-state index contributed by atoms with van der Waals surface area (Å²) in [6.45, 7) is 1.42. The number of sulfone groups is 1. The number of nitrogens with one attached hydrogen (secondary N) is 1. The molecular weight excluding hydrogens is 310 g/mol. The lowest BCUT2D eigenvalue weighted by Crippen LogP contribution is -2.38. The molecule has 1 atom stereocenters. The van der Waals surface area contributed by atoms with E-state index in [0.717, 1.165) is 5.56 Å². The minimum Gasteiger partial charge on any atom is -0.483 e. The molecule has 2 N–H and O–H groups in total. The van der Waals surface area contributed by atoms with Crippen LogP contribution in [0.25, 0.3) is 0 Å². The Balaban J connectivity index is 1.94. The van der Waals surface area contributed by atoms with Gasteiger partial charge >= 0.3 is 5.97 Å². The van der Waals surface area contributed by atoms with Gasteiger partial charge in [0.15, 0.2) is 16.4 Å². The molecule has 1 fully saturated rings. The van der Waals surface area contributed by atoms with Crippen molar-refractivity contribution in [2.24, 2.45) is 0 Å². The zero-order chi connectivity index (χ0) is 16.3.